The Morgan fingerprint density at radius 3 is 2.48 bits per heavy atom. The normalized spacial score (nSPS) is 10.8. The van der Waals surface area contributed by atoms with Crippen molar-refractivity contribution in [1.82, 2.24) is 5.32 Å². The SMILES string of the molecule is NC(N)=NCCCC(NC(=O)OCc1ccccc1)C(=O)[O-].[Na+]. The van der Waals surface area contributed by atoms with Gasteiger partial charge < -0.3 is 31.4 Å². The molecule has 0 radical (unpaired) electrons. The van der Waals surface area contributed by atoms with Gasteiger partial charge in [0.2, 0.25) is 0 Å². The number of aliphatic imine (C=N–C) groups is 1. The third kappa shape index (κ3) is 9.77. The number of rotatable bonds is 8. The molecule has 0 saturated carbocycles. The van der Waals surface area contributed by atoms with Gasteiger partial charge in [0.15, 0.2) is 5.96 Å². The predicted octanol–water partition coefficient (Wildman–Crippen LogP) is -3.91. The quantitative estimate of drug-likeness (QED) is 0.192. The smallest absolute Gasteiger partial charge is 0.548 e. The first kappa shape index (κ1) is 21.2. The van der Waals surface area contributed by atoms with E-state index >= 15 is 0 Å². The van der Waals surface area contributed by atoms with E-state index in [1.807, 2.05) is 18.2 Å². The molecule has 1 atom stereocenters. The number of carbonyl (C=O) groups is 2. The van der Waals surface area contributed by atoms with E-state index in [0.717, 1.165) is 5.56 Å². The first-order chi connectivity index (χ1) is 10.5. The minimum Gasteiger partial charge on any atom is -0.548 e. The average molecular weight is 330 g/mol. The van der Waals surface area contributed by atoms with Gasteiger partial charge in [0.25, 0.3) is 0 Å². The van der Waals surface area contributed by atoms with Crippen molar-refractivity contribution in [3.63, 3.8) is 0 Å². The Bertz CT molecular complexity index is 521. The van der Waals surface area contributed by atoms with Crippen molar-refractivity contribution in [2.75, 3.05) is 6.54 Å². The summed E-state index contributed by atoms with van der Waals surface area (Å²) in [5.74, 6) is -1.46. The van der Waals surface area contributed by atoms with E-state index in [2.05, 4.69) is 10.3 Å². The van der Waals surface area contributed by atoms with Crippen LogP contribution in [0, 0.1) is 0 Å². The monoisotopic (exact) mass is 330 g/mol. The van der Waals surface area contributed by atoms with Gasteiger partial charge in [-0.05, 0) is 18.4 Å². The van der Waals surface area contributed by atoms with Gasteiger partial charge >= 0.3 is 35.7 Å². The van der Waals surface area contributed by atoms with Crippen LogP contribution in [-0.2, 0) is 16.1 Å². The van der Waals surface area contributed by atoms with Crippen LogP contribution in [0.15, 0.2) is 35.3 Å². The number of carbonyl (C=O) groups excluding carboxylic acids is 2. The third-order valence-electron chi connectivity index (χ3n) is 2.73. The number of alkyl carbamates (subject to hydrolysis) is 1. The zero-order valence-electron chi connectivity index (χ0n) is 13.0. The number of aliphatic carboxylic acids is 1. The first-order valence-corrected chi connectivity index (χ1v) is 6.72. The maximum atomic E-state index is 11.6. The molecular formula is C14H19N4NaO4. The molecule has 0 fully saturated rings. The van der Waals surface area contributed by atoms with Gasteiger partial charge in [0.1, 0.15) is 6.61 Å². The van der Waals surface area contributed by atoms with Crippen LogP contribution in [0.5, 0.6) is 0 Å². The number of nitrogens with zero attached hydrogens (tertiary/aromatic N) is 1. The Morgan fingerprint density at radius 2 is 1.91 bits per heavy atom. The fourth-order valence-electron chi connectivity index (χ4n) is 1.66. The van der Waals surface area contributed by atoms with Crippen molar-refractivity contribution >= 4 is 18.0 Å². The number of carboxylic acids is 1. The Labute approximate surface area is 156 Å². The zero-order valence-corrected chi connectivity index (χ0v) is 15.0. The molecule has 5 N–H and O–H groups in total. The summed E-state index contributed by atoms with van der Waals surface area (Å²) >= 11 is 0. The molecule has 0 aliphatic carbocycles. The van der Waals surface area contributed by atoms with Crippen LogP contribution in [-0.4, -0.2) is 30.6 Å². The number of benzene rings is 1. The fraction of sp³-hybridized carbons (Fsp3) is 0.357. The Hall–Kier alpha value is -1.77. The van der Waals surface area contributed by atoms with E-state index in [4.69, 9.17) is 16.2 Å². The topological polar surface area (TPSA) is 143 Å². The summed E-state index contributed by atoms with van der Waals surface area (Å²) in [5.41, 5.74) is 11.1. The average Bonchev–Trinajstić information content (AvgIpc) is 2.48. The van der Waals surface area contributed by atoms with Crippen molar-refractivity contribution in [2.45, 2.75) is 25.5 Å². The van der Waals surface area contributed by atoms with Gasteiger partial charge in [-0.15, -0.1) is 0 Å². The second-order valence-corrected chi connectivity index (χ2v) is 4.53. The molecule has 8 nitrogen and oxygen atoms in total. The van der Waals surface area contributed by atoms with Crippen molar-refractivity contribution in [3.8, 4) is 0 Å². The van der Waals surface area contributed by atoms with Crippen LogP contribution in [0.3, 0.4) is 0 Å². The van der Waals surface area contributed by atoms with Gasteiger partial charge in [0.05, 0.1) is 12.0 Å². The van der Waals surface area contributed by atoms with Crippen LogP contribution in [0.1, 0.15) is 18.4 Å². The molecule has 0 heterocycles. The van der Waals surface area contributed by atoms with E-state index < -0.39 is 18.1 Å². The second kappa shape index (κ2) is 11.8. The van der Waals surface area contributed by atoms with Crippen molar-refractivity contribution < 1.29 is 49.0 Å². The summed E-state index contributed by atoms with van der Waals surface area (Å²) < 4.78 is 4.94. The van der Waals surface area contributed by atoms with Crippen LogP contribution < -0.4 is 51.4 Å². The molecule has 0 aliphatic rings. The van der Waals surface area contributed by atoms with Crippen LogP contribution in [0.2, 0.25) is 0 Å². The van der Waals surface area contributed by atoms with Gasteiger partial charge in [-0.1, -0.05) is 30.3 Å². The fourth-order valence-corrected chi connectivity index (χ4v) is 1.66. The van der Waals surface area contributed by atoms with Crippen molar-refractivity contribution in [1.29, 1.82) is 0 Å². The maximum Gasteiger partial charge on any atom is 1.00 e. The molecule has 9 heteroatoms. The standard InChI is InChI=1S/C14H20N4O4.Na/c15-13(16)17-8-4-7-11(12(19)20)18-14(21)22-9-10-5-2-1-3-6-10;/h1-3,5-6,11H,4,7-9H2,(H,18,21)(H,19,20)(H4,15,16,17);/q;+1/p-1. The van der Waals surface area contributed by atoms with Crippen LogP contribution >= 0.6 is 0 Å². The molecule has 1 unspecified atom stereocenters. The molecule has 0 bridgehead atoms. The van der Waals surface area contributed by atoms with E-state index in [0.29, 0.717) is 6.42 Å². The summed E-state index contributed by atoms with van der Waals surface area (Å²) in [4.78, 5) is 26.3. The summed E-state index contributed by atoms with van der Waals surface area (Å²) in [7, 11) is 0. The molecule has 120 valence electrons. The summed E-state index contributed by atoms with van der Waals surface area (Å²) in [6.07, 6.45) is -0.297. The van der Waals surface area contributed by atoms with Gasteiger partial charge in [-0.2, -0.15) is 0 Å². The zero-order chi connectivity index (χ0) is 16.4. The van der Waals surface area contributed by atoms with Crippen molar-refractivity contribution in [2.24, 2.45) is 16.5 Å². The summed E-state index contributed by atoms with van der Waals surface area (Å²) in [6.45, 7) is 0.327. The third-order valence-corrected chi connectivity index (χ3v) is 2.73. The van der Waals surface area contributed by atoms with Gasteiger partial charge in [-0.3, -0.25) is 4.99 Å². The summed E-state index contributed by atoms with van der Waals surface area (Å²) in [5, 5.41) is 13.2. The minimum absolute atomic E-state index is 0. The number of nitrogens with one attached hydrogen (secondary N) is 1. The molecule has 1 aromatic carbocycles. The molecule has 1 amide bonds. The number of guanidine groups is 1. The molecule has 23 heavy (non-hydrogen) atoms. The molecule has 1 rings (SSSR count). The summed E-state index contributed by atoms with van der Waals surface area (Å²) in [6, 6.07) is 7.88. The number of hydrogen-bond acceptors (Lipinski definition) is 5. The van der Waals surface area contributed by atoms with E-state index in [9.17, 15) is 14.7 Å². The molecule has 0 aliphatic heterocycles. The number of amides is 1. The second-order valence-electron chi connectivity index (χ2n) is 4.53. The van der Waals surface area contributed by atoms with E-state index in [1.54, 1.807) is 12.1 Å². The van der Waals surface area contributed by atoms with E-state index in [1.165, 1.54) is 0 Å². The van der Waals surface area contributed by atoms with E-state index in [-0.39, 0.29) is 55.1 Å². The Morgan fingerprint density at radius 1 is 1.26 bits per heavy atom. The largest absolute Gasteiger partial charge is 1.00 e. The van der Waals surface area contributed by atoms with Crippen LogP contribution in [0.25, 0.3) is 0 Å². The number of nitrogens with two attached hydrogens (primary N) is 2. The first-order valence-electron chi connectivity index (χ1n) is 6.72. The minimum atomic E-state index is -1.39. The van der Waals surface area contributed by atoms with Gasteiger partial charge in [-0.25, -0.2) is 4.79 Å². The molecular weight excluding hydrogens is 311 g/mol. The number of carboxylic acid groups (broad SMARTS) is 1. The predicted molar refractivity (Wildman–Crippen MR) is 78.5 cm³/mol. The molecule has 0 saturated heterocycles. The van der Waals surface area contributed by atoms with Crippen LogP contribution in [0.4, 0.5) is 4.79 Å². The maximum absolute atomic E-state index is 11.6. The number of ether oxygens (including phenoxy) is 1. The Balaban J connectivity index is 0.00000484. The van der Waals surface area contributed by atoms with Crippen molar-refractivity contribution in [3.05, 3.63) is 35.9 Å². The van der Waals surface area contributed by atoms with Gasteiger partial charge in [0, 0.05) is 6.54 Å². The molecule has 0 aromatic heterocycles. The molecule has 0 spiro atoms. The Kier molecular flexibility index (Phi) is 10.8. The number of hydrogen-bond donors (Lipinski definition) is 3. The molecule has 1 aromatic rings.